The van der Waals surface area contributed by atoms with Crippen molar-refractivity contribution in [1.82, 2.24) is 14.2 Å². The number of hydrogen-bond donors (Lipinski definition) is 0. The lowest BCUT2D eigenvalue weighted by Crippen LogP contribution is -2.39. The van der Waals surface area contributed by atoms with Crippen LogP contribution in [0.25, 0.3) is 10.2 Å². The Balaban J connectivity index is 1.61. The number of aromatic nitrogens is 1. The predicted molar refractivity (Wildman–Crippen MR) is 149 cm³/mol. The van der Waals surface area contributed by atoms with Crippen LogP contribution in [0.3, 0.4) is 0 Å². The number of anilines is 1. The summed E-state index contributed by atoms with van der Waals surface area (Å²) in [6.07, 6.45) is 2.82. The van der Waals surface area contributed by atoms with E-state index in [1.54, 1.807) is 33.5 Å². The SMILES string of the molecule is CCOc1ccc2nc(N(CCN(CC)CC)C(=O)c3ccc(S(=O)(=O)N4CCCCC4)cc3)sc2c1. The fourth-order valence-electron chi connectivity index (χ4n) is 4.51. The zero-order valence-electron chi connectivity index (χ0n) is 21.9. The summed E-state index contributed by atoms with van der Waals surface area (Å²) in [5, 5.41) is 0.616. The van der Waals surface area contributed by atoms with Crippen LogP contribution < -0.4 is 9.64 Å². The zero-order chi connectivity index (χ0) is 26.4. The molecule has 1 aliphatic heterocycles. The van der Waals surface area contributed by atoms with E-state index in [9.17, 15) is 13.2 Å². The molecule has 0 atom stereocenters. The number of fused-ring (bicyclic) bond motifs is 1. The van der Waals surface area contributed by atoms with Crippen LogP contribution in [-0.2, 0) is 10.0 Å². The largest absolute Gasteiger partial charge is 0.494 e. The molecule has 37 heavy (non-hydrogen) atoms. The third-order valence-electron chi connectivity index (χ3n) is 6.72. The van der Waals surface area contributed by atoms with Crippen molar-refractivity contribution in [3.05, 3.63) is 48.0 Å². The van der Waals surface area contributed by atoms with Crippen molar-refractivity contribution in [3.8, 4) is 5.75 Å². The number of benzene rings is 2. The number of thiazole rings is 1. The lowest BCUT2D eigenvalue weighted by atomic mass is 10.2. The summed E-state index contributed by atoms with van der Waals surface area (Å²) in [4.78, 5) is 22.7. The number of hydrogen-bond acceptors (Lipinski definition) is 7. The van der Waals surface area contributed by atoms with E-state index in [-0.39, 0.29) is 10.8 Å². The van der Waals surface area contributed by atoms with Crippen LogP contribution in [-0.4, -0.2) is 74.4 Å². The van der Waals surface area contributed by atoms with Gasteiger partial charge in [0.2, 0.25) is 10.0 Å². The molecule has 4 rings (SSSR count). The van der Waals surface area contributed by atoms with Gasteiger partial charge in [0.05, 0.1) is 21.7 Å². The third kappa shape index (κ3) is 6.31. The van der Waals surface area contributed by atoms with Gasteiger partial charge < -0.3 is 9.64 Å². The first-order chi connectivity index (χ1) is 17.9. The van der Waals surface area contributed by atoms with Crippen molar-refractivity contribution >= 4 is 42.6 Å². The van der Waals surface area contributed by atoms with Crippen LogP contribution in [0.4, 0.5) is 5.13 Å². The van der Waals surface area contributed by atoms with Gasteiger partial charge in [0.1, 0.15) is 5.75 Å². The number of carbonyl (C=O) groups is 1. The molecule has 8 nitrogen and oxygen atoms in total. The minimum absolute atomic E-state index is 0.196. The lowest BCUT2D eigenvalue weighted by molar-refractivity contribution is 0.0983. The van der Waals surface area contributed by atoms with Crippen molar-refractivity contribution < 1.29 is 17.9 Å². The fraction of sp³-hybridized carbons (Fsp3) is 0.481. The van der Waals surface area contributed by atoms with Crippen LogP contribution in [0.2, 0.25) is 0 Å². The lowest BCUT2D eigenvalue weighted by Gasteiger charge is -2.26. The quantitative estimate of drug-likeness (QED) is 0.343. The minimum atomic E-state index is -3.55. The Morgan fingerprint density at radius 1 is 1.00 bits per heavy atom. The summed E-state index contributed by atoms with van der Waals surface area (Å²) >= 11 is 1.45. The van der Waals surface area contributed by atoms with Crippen LogP contribution >= 0.6 is 11.3 Å². The smallest absolute Gasteiger partial charge is 0.260 e. The second-order valence-electron chi connectivity index (χ2n) is 9.03. The van der Waals surface area contributed by atoms with Crippen LogP contribution in [0.15, 0.2) is 47.4 Å². The van der Waals surface area contributed by atoms with E-state index in [0.29, 0.717) is 43.5 Å². The second kappa shape index (κ2) is 12.3. The first-order valence-corrected chi connectivity index (χ1v) is 15.3. The third-order valence-corrected chi connectivity index (χ3v) is 9.68. The van der Waals surface area contributed by atoms with Crippen molar-refractivity contribution in [2.45, 2.75) is 44.9 Å². The number of ether oxygens (including phenoxy) is 1. The van der Waals surface area contributed by atoms with E-state index in [1.165, 1.54) is 11.3 Å². The standard InChI is InChI=1S/C27H36N4O4S2/c1-4-29(5-2)18-19-31(27-28-24-15-12-22(35-6-3)20-25(24)36-27)26(32)21-10-13-23(14-11-21)37(33,34)30-16-8-7-9-17-30/h10-15,20H,4-9,16-19H2,1-3H3. The Bertz CT molecular complexity index is 1300. The van der Waals surface area contributed by atoms with E-state index < -0.39 is 10.0 Å². The highest BCUT2D eigenvalue weighted by atomic mass is 32.2. The molecular weight excluding hydrogens is 508 g/mol. The highest BCUT2D eigenvalue weighted by molar-refractivity contribution is 7.89. The van der Waals surface area contributed by atoms with Gasteiger partial charge in [-0.25, -0.2) is 13.4 Å². The van der Waals surface area contributed by atoms with Gasteiger partial charge in [-0.1, -0.05) is 31.6 Å². The van der Waals surface area contributed by atoms with Crippen molar-refractivity contribution in [1.29, 1.82) is 0 Å². The molecule has 0 spiro atoms. The molecule has 0 saturated carbocycles. The highest BCUT2D eigenvalue weighted by Gasteiger charge is 2.27. The highest BCUT2D eigenvalue weighted by Crippen LogP contribution is 2.32. The Kier molecular flexibility index (Phi) is 9.17. The maximum absolute atomic E-state index is 13.7. The number of piperidine rings is 1. The molecule has 0 bridgehead atoms. The average molecular weight is 545 g/mol. The number of rotatable bonds is 11. The summed E-state index contributed by atoms with van der Waals surface area (Å²) < 4.78 is 34.2. The molecule has 1 aliphatic rings. The van der Waals surface area contributed by atoms with Gasteiger partial charge >= 0.3 is 0 Å². The number of likely N-dealkylation sites (N-methyl/N-ethyl adjacent to an activating group) is 1. The second-order valence-corrected chi connectivity index (χ2v) is 12.0. The predicted octanol–water partition coefficient (Wildman–Crippen LogP) is 4.86. The average Bonchev–Trinajstić information content (AvgIpc) is 3.34. The molecule has 0 aliphatic carbocycles. The molecule has 0 radical (unpaired) electrons. The first kappa shape index (κ1) is 27.5. The molecule has 1 amide bonds. The fourth-order valence-corrected chi connectivity index (χ4v) is 7.05. The van der Waals surface area contributed by atoms with Crippen molar-refractivity contribution in [2.24, 2.45) is 0 Å². The van der Waals surface area contributed by atoms with E-state index in [1.807, 2.05) is 25.1 Å². The summed E-state index contributed by atoms with van der Waals surface area (Å²) in [5.74, 6) is 0.579. The Morgan fingerprint density at radius 2 is 1.70 bits per heavy atom. The normalized spacial score (nSPS) is 14.8. The van der Waals surface area contributed by atoms with Gasteiger partial charge in [0.25, 0.3) is 5.91 Å². The molecule has 1 aromatic heterocycles. The number of amides is 1. The molecule has 0 N–H and O–H groups in total. The first-order valence-electron chi connectivity index (χ1n) is 13.0. The van der Waals surface area contributed by atoms with E-state index in [0.717, 1.165) is 48.3 Å². The van der Waals surface area contributed by atoms with Gasteiger partial charge in [-0.15, -0.1) is 0 Å². The Morgan fingerprint density at radius 3 is 2.35 bits per heavy atom. The maximum atomic E-state index is 13.7. The van der Waals surface area contributed by atoms with Gasteiger partial charge in [-0.3, -0.25) is 9.69 Å². The molecule has 10 heteroatoms. The molecule has 2 heterocycles. The molecular formula is C27H36N4O4S2. The zero-order valence-corrected chi connectivity index (χ0v) is 23.5. The molecule has 200 valence electrons. The Hall–Kier alpha value is -2.53. The molecule has 2 aromatic carbocycles. The van der Waals surface area contributed by atoms with Gasteiger partial charge in [-0.2, -0.15) is 4.31 Å². The molecule has 1 saturated heterocycles. The van der Waals surface area contributed by atoms with Crippen molar-refractivity contribution in [3.63, 3.8) is 0 Å². The molecule has 1 fully saturated rings. The topological polar surface area (TPSA) is 83.0 Å². The summed E-state index contributed by atoms with van der Waals surface area (Å²) in [6.45, 7) is 10.8. The number of nitrogens with zero attached hydrogens (tertiary/aromatic N) is 4. The minimum Gasteiger partial charge on any atom is -0.494 e. The van der Waals surface area contributed by atoms with E-state index >= 15 is 0 Å². The van der Waals surface area contributed by atoms with Gasteiger partial charge in [-0.05, 0) is 75.3 Å². The van der Waals surface area contributed by atoms with Crippen molar-refractivity contribution in [2.75, 3.05) is 50.8 Å². The Labute approximate surface area is 223 Å². The van der Waals surface area contributed by atoms with Crippen LogP contribution in [0, 0.1) is 0 Å². The van der Waals surface area contributed by atoms with Crippen LogP contribution in [0.5, 0.6) is 5.75 Å². The summed E-state index contributed by atoms with van der Waals surface area (Å²) in [6, 6.07) is 12.1. The van der Waals surface area contributed by atoms with Crippen LogP contribution in [0.1, 0.15) is 50.4 Å². The van der Waals surface area contributed by atoms with Gasteiger partial charge in [0, 0.05) is 31.7 Å². The van der Waals surface area contributed by atoms with Gasteiger partial charge in [0.15, 0.2) is 5.13 Å². The van der Waals surface area contributed by atoms with E-state index in [2.05, 4.69) is 18.7 Å². The monoisotopic (exact) mass is 544 g/mol. The summed E-state index contributed by atoms with van der Waals surface area (Å²) in [5.41, 5.74) is 1.25. The molecule has 3 aromatic rings. The molecule has 0 unspecified atom stereocenters. The number of carbonyl (C=O) groups excluding carboxylic acids is 1. The summed E-state index contributed by atoms with van der Waals surface area (Å²) in [7, 11) is -3.55. The van der Waals surface area contributed by atoms with E-state index in [4.69, 9.17) is 9.72 Å². The maximum Gasteiger partial charge on any atom is 0.260 e. The number of sulfonamides is 1.